The summed E-state index contributed by atoms with van der Waals surface area (Å²) >= 11 is 0. The molecule has 0 bridgehead atoms. The Morgan fingerprint density at radius 1 is 0.964 bits per heavy atom. The third-order valence-electron chi connectivity index (χ3n) is 6.76. The van der Waals surface area contributed by atoms with E-state index in [-0.39, 0.29) is 11.8 Å². The van der Waals surface area contributed by atoms with Crippen LogP contribution < -0.4 is 5.32 Å². The molecule has 2 amide bonds. The van der Waals surface area contributed by atoms with Crippen molar-refractivity contribution in [1.82, 2.24) is 15.1 Å². The molecule has 0 aromatic heterocycles. The first-order chi connectivity index (χ1) is 13.6. The van der Waals surface area contributed by atoms with Gasteiger partial charge in [-0.1, -0.05) is 36.4 Å². The average molecular weight is 377 g/mol. The number of carbonyl (C=O) groups excluding carboxylic acids is 2. The SMILES string of the molecule is O=C(C[C@@H]1CC2(CC2)CN1)N1CCN(C(=O)c2cccc3ccccc23)CC1. The average Bonchev–Trinajstić information content (AvgIpc) is 3.38. The van der Waals surface area contributed by atoms with Gasteiger partial charge in [0.25, 0.3) is 5.91 Å². The second kappa shape index (κ2) is 6.89. The number of carbonyl (C=O) groups is 2. The first-order valence-electron chi connectivity index (χ1n) is 10.4. The van der Waals surface area contributed by atoms with Crippen LogP contribution in [0.4, 0.5) is 0 Å². The molecule has 2 aromatic rings. The van der Waals surface area contributed by atoms with Gasteiger partial charge < -0.3 is 15.1 Å². The Bertz CT molecular complexity index is 908. The first-order valence-corrected chi connectivity index (χ1v) is 10.4. The number of benzene rings is 2. The van der Waals surface area contributed by atoms with Gasteiger partial charge in [0.05, 0.1) is 0 Å². The van der Waals surface area contributed by atoms with Gasteiger partial charge in [0.1, 0.15) is 0 Å². The van der Waals surface area contributed by atoms with Crippen molar-refractivity contribution in [2.45, 2.75) is 31.7 Å². The zero-order chi connectivity index (χ0) is 19.1. The minimum absolute atomic E-state index is 0.0667. The zero-order valence-electron chi connectivity index (χ0n) is 16.2. The minimum Gasteiger partial charge on any atom is -0.339 e. The molecule has 1 N–H and O–H groups in total. The molecule has 28 heavy (non-hydrogen) atoms. The van der Waals surface area contributed by atoms with E-state index >= 15 is 0 Å². The molecule has 1 aliphatic carbocycles. The molecule has 1 saturated carbocycles. The molecular formula is C23H27N3O2. The lowest BCUT2D eigenvalue weighted by Crippen LogP contribution is -2.51. The predicted octanol–water partition coefficient (Wildman–Crippen LogP) is 2.66. The van der Waals surface area contributed by atoms with Crippen molar-refractivity contribution in [2.24, 2.45) is 5.41 Å². The first kappa shape index (κ1) is 17.7. The van der Waals surface area contributed by atoms with E-state index in [0.29, 0.717) is 44.1 Å². The molecule has 2 heterocycles. The second-order valence-corrected chi connectivity index (χ2v) is 8.69. The fourth-order valence-corrected chi connectivity index (χ4v) is 4.81. The highest BCUT2D eigenvalue weighted by Gasteiger charge is 2.48. The quantitative estimate of drug-likeness (QED) is 0.895. The number of fused-ring (bicyclic) bond motifs is 1. The van der Waals surface area contributed by atoms with Crippen molar-refractivity contribution in [1.29, 1.82) is 0 Å². The van der Waals surface area contributed by atoms with Crippen LogP contribution in [0.15, 0.2) is 42.5 Å². The minimum atomic E-state index is 0.0667. The molecule has 3 aliphatic rings. The van der Waals surface area contributed by atoms with Crippen LogP contribution >= 0.6 is 0 Å². The van der Waals surface area contributed by atoms with Crippen LogP contribution in [0, 0.1) is 5.41 Å². The summed E-state index contributed by atoms with van der Waals surface area (Å²) in [6.45, 7) is 3.56. The molecule has 1 spiro atoms. The van der Waals surface area contributed by atoms with Gasteiger partial charge in [0, 0.05) is 50.7 Å². The second-order valence-electron chi connectivity index (χ2n) is 8.69. The maximum Gasteiger partial charge on any atom is 0.254 e. The summed E-state index contributed by atoms with van der Waals surface area (Å²) in [5, 5.41) is 5.61. The zero-order valence-corrected chi connectivity index (χ0v) is 16.2. The van der Waals surface area contributed by atoms with E-state index in [1.807, 2.05) is 52.3 Å². The van der Waals surface area contributed by atoms with Crippen molar-refractivity contribution < 1.29 is 9.59 Å². The predicted molar refractivity (Wildman–Crippen MR) is 109 cm³/mol. The smallest absolute Gasteiger partial charge is 0.254 e. The highest BCUT2D eigenvalue weighted by molar-refractivity contribution is 6.07. The van der Waals surface area contributed by atoms with Gasteiger partial charge in [-0.05, 0) is 41.5 Å². The van der Waals surface area contributed by atoms with Crippen LogP contribution in [0.5, 0.6) is 0 Å². The number of nitrogens with zero attached hydrogens (tertiary/aromatic N) is 2. The van der Waals surface area contributed by atoms with Gasteiger partial charge in [-0.25, -0.2) is 0 Å². The van der Waals surface area contributed by atoms with E-state index < -0.39 is 0 Å². The Balaban J connectivity index is 1.19. The van der Waals surface area contributed by atoms with Crippen LogP contribution in [0.3, 0.4) is 0 Å². The molecule has 5 heteroatoms. The number of amides is 2. The molecule has 5 nitrogen and oxygen atoms in total. The molecule has 1 atom stereocenters. The molecule has 5 rings (SSSR count). The Labute approximate surface area is 165 Å². The van der Waals surface area contributed by atoms with Crippen LogP contribution in [0.25, 0.3) is 10.8 Å². The largest absolute Gasteiger partial charge is 0.339 e. The standard InChI is InChI=1S/C23H27N3O2/c27-21(14-18-15-23(8-9-23)16-24-18)25-10-12-26(13-11-25)22(28)20-7-3-5-17-4-1-2-6-19(17)20/h1-7,18,24H,8-16H2/t18-/m1/s1. The molecule has 3 fully saturated rings. The van der Waals surface area contributed by atoms with Crippen LogP contribution in [-0.4, -0.2) is 60.4 Å². The van der Waals surface area contributed by atoms with E-state index in [9.17, 15) is 9.59 Å². The lowest BCUT2D eigenvalue weighted by Gasteiger charge is -2.35. The highest BCUT2D eigenvalue weighted by Crippen LogP contribution is 2.52. The van der Waals surface area contributed by atoms with Crippen molar-refractivity contribution in [3.8, 4) is 0 Å². The maximum absolute atomic E-state index is 13.1. The summed E-state index contributed by atoms with van der Waals surface area (Å²) in [4.78, 5) is 29.6. The summed E-state index contributed by atoms with van der Waals surface area (Å²) in [5.74, 6) is 0.296. The fraction of sp³-hybridized carbons (Fsp3) is 0.478. The number of piperazine rings is 1. The van der Waals surface area contributed by atoms with Crippen molar-refractivity contribution in [3.63, 3.8) is 0 Å². The van der Waals surface area contributed by atoms with Gasteiger partial charge >= 0.3 is 0 Å². The van der Waals surface area contributed by atoms with Crippen molar-refractivity contribution >= 4 is 22.6 Å². The molecule has 2 aliphatic heterocycles. The molecule has 146 valence electrons. The normalized spacial score (nSPS) is 23.4. The molecule has 2 aromatic carbocycles. The fourth-order valence-electron chi connectivity index (χ4n) is 4.81. The highest BCUT2D eigenvalue weighted by atomic mass is 16.2. The number of nitrogens with one attached hydrogen (secondary N) is 1. The van der Waals surface area contributed by atoms with Gasteiger partial charge in [-0.3, -0.25) is 9.59 Å². The summed E-state index contributed by atoms with van der Waals surface area (Å²) in [5.41, 5.74) is 1.27. The van der Waals surface area contributed by atoms with Crippen LogP contribution in [-0.2, 0) is 4.79 Å². The maximum atomic E-state index is 13.1. The Kier molecular flexibility index (Phi) is 4.35. The van der Waals surface area contributed by atoms with Crippen LogP contribution in [0.1, 0.15) is 36.0 Å². The van der Waals surface area contributed by atoms with E-state index in [1.165, 1.54) is 12.8 Å². The summed E-state index contributed by atoms with van der Waals surface area (Å²) < 4.78 is 0. The van der Waals surface area contributed by atoms with E-state index in [1.54, 1.807) is 0 Å². The van der Waals surface area contributed by atoms with Gasteiger partial charge in [0.15, 0.2) is 0 Å². The summed E-state index contributed by atoms with van der Waals surface area (Å²) in [7, 11) is 0. The third kappa shape index (κ3) is 3.28. The van der Waals surface area contributed by atoms with Gasteiger partial charge in [0.2, 0.25) is 5.91 Å². The number of hydrogen-bond acceptors (Lipinski definition) is 3. The van der Waals surface area contributed by atoms with E-state index in [4.69, 9.17) is 0 Å². The van der Waals surface area contributed by atoms with Crippen molar-refractivity contribution in [3.05, 3.63) is 48.0 Å². The number of hydrogen-bond donors (Lipinski definition) is 1. The Morgan fingerprint density at radius 3 is 2.43 bits per heavy atom. The molecular weight excluding hydrogens is 350 g/mol. The summed E-state index contributed by atoms with van der Waals surface area (Å²) in [6, 6.07) is 14.2. The lowest BCUT2D eigenvalue weighted by atomic mass is 10.0. The van der Waals surface area contributed by atoms with E-state index in [2.05, 4.69) is 5.32 Å². The van der Waals surface area contributed by atoms with E-state index in [0.717, 1.165) is 29.3 Å². The van der Waals surface area contributed by atoms with Crippen molar-refractivity contribution in [2.75, 3.05) is 32.7 Å². The van der Waals surface area contributed by atoms with Gasteiger partial charge in [-0.15, -0.1) is 0 Å². The molecule has 0 radical (unpaired) electrons. The number of rotatable bonds is 3. The lowest BCUT2D eigenvalue weighted by molar-refractivity contribution is -0.133. The summed E-state index contributed by atoms with van der Waals surface area (Å²) in [6.07, 6.45) is 4.39. The Hall–Kier alpha value is -2.40. The third-order valence-corrected chi connectivity index (χ3v) is 6.76. The Morgan fingerprint density at radius 2 is 1.68 bits per heavy atom. The monoisotopic (exact) mass is 377 g/mol. The topological polar surface area (TPSA) is 52.7 Å². The van der Waals surface area contributed by atoms with Crippen LogP contribution in [0.2, 0.25) is 0 Å². The van der Waals surface area contributed by atoms with Gasteiger partial charge in [-0.2, -0.15) is 0 Å². The molecule has 0 unspecified atom stereocenters. The molecule has 2 saturated heterocycles.